The van der Waals surface area contributed by atoms with Crippen molar-refractivity contribution in [1.82, 2.24) is 0 Å². The van der Waals surface area contributed by atoms with E-state index in [1.807, 2.05) is 0 Å². The highest BCUT2D eigenvalue weighted by molar-refractivity contribution is 5.25. The first-order chi connectivity index (χ1) is 6.77. The lowest BCUT2D eigenvalue weighted by Crippen LogP contribution is -1.93. The molecule has 1 unspecified atom stereocenters. The molecule has 1 atom stereocenters. The van der Waals surface area contributed by atoms with Gasteiger partial charge in [0.25, 0.3) is 0 Å². The largest absolute Gasteiger partial charge is 0.198 e. The highest BCUT2D eigenvalue weighted by Crippen LogP contribution is 2.20. The second-order valence-corrected chi connectivity index (χ2v) is 3.69. The number of benzene rings is 1. The summed E-state index contributed by atoms with van der Waals surface area (Å²) in [5.74, 6) is 0.501. The minimum atomic E-state index is 0.501. The van der Waals surface area contributed by atoms with Crippen molar-refractivity contribution in [2.45, 2.75) is 39.0 Å². The van der Waals surface area contributed by atoms with E-state index in [1.54, 1.807) is 0 Å². The monoisotopic (exact) mass is 187 g/mol. The van der Waals surface area contributed by atoms with Gasteiger partial charge in [-0.25, -0.2) is 0 Å². The molecule has 0 heterocycles. The number of nitriles is 1. The molecule has 1 aromatic carbocycles. The lowest BCUT2D eigenvalue weighted by Gasteiger charge is -2.09. The molecule has 1 aromatic rings. The smallest absolute Gasteiger partial charge is 0.0621 e. The van der Waals surface area contributed by atoms with Crippen molar-refractivity contribution in [3.63, 3.8) is 0 Å². The Labute approximate surface area is 86.4 Å². The van der Waals surface area contributed by atoms with E-state index in [9.17, 15) is 0 Å². The maximum Gasteiger partial charge on any atom is 0.0621 e. The van der Waals surface area contributed by atoms with Crippen molar-refractivity contribution in [1.29, 1.82) is 5.26 Å². The molecular weight excluding hydrogens is 170 g/mol. The third-order valence-corrected chi connectivity index (χ3v) is 2.65. The molecule has 1 rings (SSSR count). The Morgan fingerprint density at radius 3 is 2.43 bits per heavy atom. The molecule has 0 aliphatic heterocycles. The van der Waals surface area contributed by atoms with Crippen molar-refractivity contribution >= 4 is 0 Å². The van der Waals surface area contributed by atoms with E-state index in [-0.39, 0.29) is 0 Å². The number of rotatable bonds is 4. The quantitative estimate of drug-likeness (QED) is 0.705. The summed E-state index contributed by atoms with van der Waals surface area (Å²) in [7, 11) is 0. The van der Waals surface area contributed by atoms with Gasteiger partial charge in [0, 0.05) is 6.42 Å². The van der Waals surface area contributed by atoms with E-state index in [0.29, 0.717) is 12.3 Å². The van der Waals surface area contributed by atoms with Crippen LogP contribution in [0.5, 0.6) is 0 Å². The second kappa shape index (κ2) is 5.44. The van der Waals surface area contributed by atoms with Crippen molar-refractivity contribution in [3.05, 3.63) is 35.4 Å². The first kappa shape index (κ1) is 10.8. The molecule has 0 saturated carbocycles. The fraction of sp³-hybridized carbons (Fsp3) is 0.462. The van der Waals surface area contributed by atoms with Crippen LogP contribution in [0.4, 0.5) is 0 Å². The molecule has 0 fully saturated rings. The Hall–Kier alpha value is -1.29. The van der Waals surface area contributed by atoms with E-state index < -0.39 is 0 Å². The molecule has 0 aliphatic carbocycles. The van der Waals surface area contributed by atoms with E-state index in [1.165, 1.54) is 11.1 Å². The van der Waals surface area contributed by atoms with Gasteiger partial charge in [-0.2, -0.15) is 5.26 Å². The van der Waals surface area contributed by atoms with E-state index in [2.05, 4.69) is 44.2 Å². The molecule has 14 heavy (non-hydrogen) atoms. The minimum Gasteiger partial charge on any atom is -0.198 e. The average molecular weight is 187 g/mol. The molecule has 0 N–H and O–H groups in total. The lowest BCUT2D eigenvalue weighted by atomic mass is 9.95. The van der Waals surface area contributed by atoms with E-state index >= 15 is 0 Å². The summed E-state index contributed by atoms with van der Waals surface area (Å²) in [5, 5.41) is 8.49. The molecule has 0 radical (unpaired) electrons. The Morgan fingerprint density at radius 1 is 1.29 bits per heavy atom. The van der Waals surface area contributed by atoms with Crippen LogP contribution in [-0.4, -0.2) is 0 Å². The molecule has 0 aromatic heterocycles. The first-order valence-corrected chi connectivity index (χ1v) is 5.23. The van der Waals surface area contributed by atoms with Crippen molar-refractivity contribution in [3.8, 4) is 6.07 Å². The lowest BCUT2D eigenvalue weighted by molar-refractivity contribution is 0.695. The average Bonchev–Trinajstić information content (AvgIpc) is 2.26. The Kier molecular flexibility index (Phi) is 4.19. The van der Waals surface area contributed by atoms with Gasteiger partial charge in [-0.05, 0) is 29.9 Å². The molecule has 1 heteroatoms. The van der Waals surface area contributed by atoms with Gasteiger partial charge in [0.05, 0.1) is 6.07 Å². The zero-order valence-electron chi connectivity index (χ0n) is 8.96. The zero-order valence-corrected chi connectivity index (χ0v) is 8.96. The molecule has 0 saturated heterocycles. The fourth-order valence-electron chi connectivity index (χ4n) is 1.53. The van der Waals surface area contributed by atoms with E-state index in [0.717, 1.165) is 12.8 Å². The Bertz CT molecular complexity index is 305. The van der Waals surface area contributed by atoms with Crippen molar-refractivity contribution in [2.75, 3.05) is 0 Å². The van der Waals surface area contributed by atoms with Gasteiger partial charge in [0.1, 0.15) is 0 Å². The van der Waals surface area contributed by atoms with Crippen LogP contribution in [0, 0.1) is 11.3 Å². The predicted molar refractivity (Wildman–Crippen MR) is 59.1 cm³/mol. The summed E-state index contributed by atoms with van der Waals surface area (Å²) in [5.41, 5.74) is 2.72. The maximum absolute atomic E-state index is 8.49. The standard InChI is InChI=1S/C13H17N/c1-3-12-6-8-13(9-7-12)11(2)5-4-10-14/h6-9,11H,3-5H2,1-2H3. The van der Waals surface area contributed by atoms with Crippen LogP contribution in [-0.2, 0) is 6.42 Å². The van der Waals surface area contributed by atoms with Crippen LogP contribution in [0.3, 0.4) is 0 Å². The number of nitrogens with zero attached hydrogens (tertiary/aromatic N) is 1. The summed E-state index contributed by atoms with van der Waals surface area (Å²) in [6.07, 6.45) is 2.70. The SMILES string of the molecule is CCc1ccc(C(C)CCC#N)cc1. The number of hydrogen-bond acceptors (Lipinski definition) is 1. The topological polar surface area (TPSA) is 23.8 Å². The highest BCUT2D eigenvalue weighted by Gasteiger charge is 2.04. The predicted octanol–water partition coefficient (Wildman–Crippen LogP) is 3.66. The summed E-state index contributed by atoms with van der Waals surface area (Å²) < 4.78 is 0. The maximum atomic E-state index is 8.49. The van der Waals surface area contributed by atoms with Crippen LogP contribution in [0.25, 0.3) is 0 Å². The van der Waals surface area contributed by atoms with Crippen LogP contribution in [0.1, 0.15) is 43.7 Å². The molecule has 1 nitrogen and oxygen atoms in total. The van der Waals surface area contributed by atoms with Gasteiger partial charge in [-0.15, -0.1) is 0 Å². The Balaban J connectivity index is 2.62. The summed E-state index contributed by atoms with van der Waals surface area (Å²) in [6, 6.07) is 10.9. The molecule has 0 spiro atoms. The van der Waals surface area contributed by atoms with Gasteiger partial charge in [-0.1, -0.05) is 38.1 Å². The van der Waals surface area contributed by atoms with Crippen LogP contribution in [0.2, 0.25) is 0 Å². The molecule has 0 aliphatic rings. The molecular formula is C13H17N. The highest BCUT2D eigenvalue weighted by atomic mass is 14.2. The second-order valence-electron chi connectivity index (χ2n) is 3.69. The van der Waals surface area contributed by atoms with Gasteiger partial charge in [0.15, 0.2) is 0 Å². The molecule has 0 bridgehead atoms. The molecule has 0 amide bonds. The first-order valence-electron chi connectivity index (χ1n) is 5.23. The third-order valence-electron chi connectivity index (χ3n) is 2.65. The van der Waals surface area contributed by atoms with Crippen LogP contribution < -0.4 is 0 Å². The van der Waals surface area contributed by atoms with Crippen LogP contribution in [0.15, 0.2) is 24.3 Å². The number of hydrogen-bond donors (Lipinski definition) is 0. The van der Waals surface area contributed by atoms with Crippen molar-refractivity contribution in [2.24, 2.45) is 0 Å². The van der Waals surface area contributed by atoms with Gasteiger partial charge < -0.3 is 0 Å². The molecule has 74 valence electrons. The minimum absolute atomic E-state index is 0.501. The third kappa shape index (κ3) is 2.88. The van der Waals surface area contributed by atoms with Gasteiger partial charge in [-0.3, -0.25) is 0 Å². The fourth-order valence-corrected chi connectivity index (χ4v) is 1.53. The zero-order chi connectivity index (χ0) is 10.4. The number of aryl methyl sites for hydroxylation is 1. The normalized spacial score (nSPS) is 12.1. The summed E-state index contributed by atoms with van der Waals surface area (Å²) >= 11 is 0. The van der Waals surface area contributed by atoms with Gasteiger partial charge in [0.2, 0.25) is 0 Å². The Morgan fingerprint density at radius 2 is 1.93 bits per heavy atom. The summed E-state index contributed by atoms with van der Waals surface area (Å²) in [4.78, 5) is 0. The summed E-state index contributed by atoms with van der Waals surface area (Å²) in [6.45, 7) is 4.34. The van der Waals surface area contributed by atoms with Gasteiger partial charge >= 0.3 is 0 Å². The van der Waals surface area contributed by atoms with Crippen LogP contribution >= 0.6 is 0 Å². The van der Waals surface area contributed by atoms with Crippen molar-refractivity contribution < 1.29 is 0 Å². The van der Waals surface area contributed by atoms with E-state index in [4.69, 9.17) is 5.26 Å².